The molecule has 0 aromatic carbocycles. The summed E-state index contributed by atoms with van der Waals surface area (Å²) in [5.41, 5.74) is 0.956. The fourth-order valence-electron chi connectivity index (χ4n) is 1.25. The number of carbonyl (C=O) groups excluding carboxylic acids is 1. The van der Waals surface area contributed by atoms with Crippen molar-refractivity contribution in [2.75, 3.05) is 0 Å². The van der Waals surface area contributed by atoms with Gasteiger partial charge in [0.1, 0.15) is 5.75 Å². The number of carbonyl (C=O) groups is 1. The number of rotatable bonds is 3. The van der Waals surface area contributed by atoms with Crippen molar-refractivity contribution in [3.63, 3.8) is 0 Å². The summed E-state index contributed by atoms with van der Waals surface area (Å²) in [6.07, 6.45) is 1.95. The van der Waals surface area contributed by atoms with Crippen LogP contribution in [0.5, 0.6) is 5.75 Å². The molecule has 76 valence electrons. The first-order chi connectivity index (χ1) is 6.61. The average molecular weight is 195 g/mol. The molecule has 0 aliphatic heterocycles. The smallest absolute Gasteiger partial charge is 0.154 e. The molecule has 4 nitrogen and oxygen atoms in total. The summed E-state index contributed by atoms with van der Waals surface area (Å²) in [6, 6.07) is 0. The van der Waals surface area contributed by atoms with Gasteiger partial charge in [0.15, 0.2) is 6.29 Å². The minimum atomic E-state index is -0.299. The Kier molecular flexibility index (Phi) is 3.19. The second-order valence-corrected chi connectivity index (χ2v) is 3.36. The summed E-state index contributed by atoms with van der Waals surface area (Å²) >= 11 is 0. The van der Waals surface area contributed by atoms with Crippen LogP contribution in [0.25, 0.3) is 0 Å². The van der Waals surface area contributed by atoms with Crippen molar-refractivity contribution in [2.45, 2.75) is 26.4 Å². The molecule has 0 radical (unpaired) electrons. The zero-order valence-electron chi connectivity index (χ0n) is 8.19. The zero-order valence-corrected chi connectivity index (χ0v) is 8.19. The number of aromatic hydroxyl groups is 1. The van der Waals surface area contributed by atoms with Crippen molar-refractivity contribution in [3.05, 3.63) is 23.0 Å². The highest BCUT2D eigenvalue weighted by molar-refractivity contribution is 5.81. The van der Waals surface area contributed by atoms with Gasteiger partial charge in [-0.2, -0.15) is 0 Å². The van der Waals surface area contributed by atoms with Crippen LogP contribution in [-0.2, 0) is 6.61 Å². The van der Waals surface area contributed by atoms with Gasteiger partial charge in [0.2, 0.25) is 0 Å². The molecule has 1 aromatic heterocycles. The normalized spacial score (nSPS) is 10.6. The van der Waals surface area contributed by atoms with E-state index >= 15 is 0 Å². The van der Waals surface area contributed by atoms with Crippen molar-refractivity contribution >= 4 is 6.29 Å². The molecule has 0 fully saturated rings. The van der Waals surface area contributed by atoms with E-state index in [1.165, 1.54) is 6.20 Å². The molecule has 0 saturated heterocycles. The van der Waals surface area contributed by atoms with E-state index in [1.54, 1.807) is 0 Å². The van der Waals surface area contributed by atoms with E-state index in [-0.39, 0.29) is 23.8 Å². The molecule has 1 aromatic rings. The summed E-state index contributed by atoms with van der Waals surface area (Å²) in [4.78, 5) is 14.7. The monoisotopic (exact) mass is 195 g/mol. The van der Waals surface area contributed by atoms with E-state index in [0.717, 1.165) is 0 Å². The number of aldehydes is 1. The Hall–Kier alpha value is -1.42. The van der Waals surface area contributed by atoms with Gasteiger partial charge < -0.3 is 10.2 Å². The number of aliphatic hydroxyl groups excluding tert-OH is 1. The van der Waals surface area contributed by atoms with E-state index in [1.807, 2.05) is 13.8 Å². The van der Waals surface area contributed by atoms with Gasteiger partial charge in [-0.15, -0.1) is 0 Å². The molecule has 0 saturated carbocycles. The Labute approximate surface area is 82.2 Å². The Morgan fingerprint density at radius 2 is 2.21 bits per heavy atom. The van der Waals surface area contributed by atoms with E-state index in [0.29, 0.717) is 17.5 Å². The third kappa shape index (κ3) is 1.75. The summed E-state index contributed by atoms with van der Waals surface area (Å²) in [5, 5.41) is 18.6. The highest BCUT2D eigenvalue weighted by Gasteiger charge is 2.14. The van der Waals surface area contributed by atoms with E-state index in [9.17, 15) is 9.90 Å². The molecule has 0 amide bonds. The minimum absolute atomic E-state index is 0.0430. The lowest BCUT2D eigenvalue weighted by Gasteiger charge is -2.10. The van der Waals surface area contributed by atoms with Crippen LogP contribution >= 0.6 is 0 Å². The third-order valence-electron chi connectivity index (χ3n) is 2.04. The lowest BCUT2D eigenvalue weighted by atomic mass is 10.0. The maximum atomic E-state index is 10.7. The lowest BCUT2D eigenvalue weighted by molar-refractivity contribution is 0.111. The van der Waals surface area contributed by atoms with Crippen LogP contribution < -0.4 is 0 Å². The van der Waals surface area contributed by atoms with Crippen molar-refractivity contribution < 1.29 is 15.0 Å². The third-order valence-corrected chi connectivity index (χ3v) is 2.04. The van der Waals surface area contributed by atoms with Crippen molar-refractivity contribution in [2.24, 2.45) is 0 Å². The number of hydrogen-bond acceptors (Lipinski definition) is 4. The maximum Gasteiger partial charge on any atom is 0.154 e. The van der Waals surface area contributed by atoms with E-state index < -0.39 is 0 Å². The molecule has 0 spiro atoms. The quantitative estimate of drug-likeness (QED) is 0.711. The van der Waals surface area contributed by atoms with Gasteiger partial charge in [-0.25, -0.2) is 0 Å². The van der Waals surface area contributed by atoms with Crippen molar-refractivity contribution in [1.82, 2.24) is 4.98 Å². The highest BCUT2D eigenvalue weighted by Crippen LogP contribution is 2.27. The Balaban J connectivity index is 3.34. The number of hydrogen-bond donors (Lipinski definition) is 2. The van der Waals surface area contributed by atoms with Crippen LogP contribution in [0.1, 0.15) is 41.4 Å². The van der Waals surface area contributed by atoms with Crippen LogP contribution in [0.15, 0.2) is 6.20 Å². The van der Waals surface area contributed by atoms with Crippen molar-refractivity contribution in [1.29, 1.82) is 0 Å². The molecule has 4 heteroatoms. The second-order valence-electron chi connectivity index (χ2n) is 3.36. The predicted octanol–water partition coefficient (Wildman–Crippen LogP) is 1.22. The summed E-state index contributed by atoms with van der Waals surface area (Å²) in [7, 11) is 0. The fourth-order valence-corrected chi connectivity index (χ4v) is 1.25. The summed E-state index contributed by atoms with van der Waals surface area (Å²) in [6.45, 7) is 3.44. The molecule has 0 aliphatic carbocycles. The fraction of sp³-hybridized carbons (Fsp3) is 0.400. The molecule has 14 heavy (non-hydrogen) atoms. The molecule has 0 atom stereocenters. The van der Waals surface area contributed by atoms with Crippen LogP contribution in [0.3, 0.4) is 0 Å². The van der Waals surface area contributed by atoms with Gasteiger partial charge in [-0.3, -0.25) is 9.78 Å². The highest BCUT2D eigenvalue weighted by atomic mass is 16.3. The Morgan fingerprint density at radius 3 is 2.64 bits per heavy atom. The molecular weight excluding hydrogens is 182 g/mol. The zero-order chi connectivity index (χ0) is 10.7. The van der Waals surface area contributed by atoms with Crippen LogP contribution in [0.2, 0.25) is 0 Å². The van der Waals surface area contributed by atoms with Gasteiger partial charge in [-0.1, -0.05) is 13.8 Å². The molecule has 0 unspecified atom stereocenters. The van der Waals surface area contributed by atoms with Crippen molar-refractivity contribution in [3.8, 4) is 5.75 Å². The Morgan fingerprint density at radius 1 is 1.57 bits per heavy atom. The Bertz CT molecular complexity index is 347. The topological polar surface area (TPSA) is 70.4 Å². The average Bonchev–Trinajstić information content (AvgIpc) is 2.16. The molecular formula is C10H13NO3. The van der Waals surface area contributed by atoms with Gasteiger partial charge in [0, 0.05) is 11.8 Å². The second kappa shape index (κ2) is 4.19. The predicted molar refractivity (Wildman–Crippen MR) is 51.3 cm³/mol. The molecule has 2 N–H and O–H groups in total. The largest absolute Gasteiger partial charge is 0.505 e. The number of nitrogens with zero attached hydrogens (tertiary/aromatic N) is 1. The molecule has 1 rings (SSSR count). The van der Waals surface area contributed by atoms with E-state index in [4.69, 9.17) is 5.11 Å². The number of aliphatic hydroxyl groups is 1. The maximum absolute atomic E-state index is 10.7. The van der Waals surface area contributed by atoms with Gasteiger partial charge >= 0.3 is 0 Å². The molecule has 0 bridgehead atoms. The first kappa shape index (κ1) is 10.7. The first-order valence-electron chi connectivity index (χ1n) is 4.38. The summed E-state index contributed by atoms with van der Waals surface area (Å²) < 4.78 is 0. The van der Waals surface area contributed by atoms with E-state index in [2.05, 4.69) is 4.98 Å². The first-order valence-corrected chi connectivity index (χ1v) is 4.38. The van der Waals surface area contributed by atoms with Gasteiger partial charge in [0.05, 0.1) is 17.9 Å². The number of aromatic nitrogens is 1. The van der Waals surface area contributed by atoms with Gasteiger partial charge in [0.25, 0.3) is 0 Å². The lowest BCUT2D eigenvalue weighted by Crippen LogP contribution is -2.01. The SMILES string of the molecule is CC(C)c1ncc(CO)c(C=O)c1O. The number of pyridine rings is 1. The summed E-state index contributed by atoms with van der Waals surface area (Å²) in [5.74, 6) is -0.0806. The standard InChI is InChI=1S/C10H13NO3/c1-6(2)9-10(14)8(5-13)7(4-12)3-11-9/h3,5-6,12,14H,4H2,1-2H3. The minimum Gasteiger partial charge on any atom is -0.505 e. The van der Waals surface area contributed by atoms with Crippen LogP contribution in [0, 0.1) is 0 Å². The van der Waals surface area contributed by atoms with Crippen LogP contribution in [0.4, 0.5) is 0 Å². The van der Waals surface area contributed by atoms with Crippen LogP contribution in [-0.4, -0.2) is 21.5 Å². The molecule has 1 heterocycles. The molecule has 0 aliphatic rings. The van der Waals surface area contributed by atoms with Gasteiger partial charge in [-0.05, 0) is 5.92 Å².